The fourth-order valence-electron chi connectivity index (χ4n) is 1.88. The summed E-state index contributed by atoms with van der Waals surface area (Å²) in [5.74, 6) is 0.0511. The van der Waals surface area contributed by atoms with Gasteiger partial charge in [-0.1, -0.05) is 23.7 Å². The van der Waals surface area contributed by atoms with Gasteiger partial charge in [0.2, 0.25) is 5.91 Å². The van der Waals surface area contributed by atoms with Crippen molar-refractivity contribution in [3.8, 4) is 16.9 Å². The predicted molar refractivity (Wildman–Crippen MR) is 83.5 cm³/mol. The van der Waals surface area contributed by atoms with Crippen LogP contribution < -0.4 is 10.6 Å². The number of hydrogen-bond donors (Lipinski definition) is 3. The first-order valence-electron chi connectivity index (χ1n) is 6.44. The number of aromatic hydroxyl groups is 1. The maximum Gasteiger partial charge on any atom is 0.241 e. The van der Waals surface area contributed by atoms with E-state index in [0.29, 0.717) is 5.02 Å². The number of anilines is 1. The summed E-state index contributed by atoms with van der Waals surface area (Å²) in [4.78, 5) is 15.6. The molecule has 0 bridgehead atoms. The zero-order valence-corrected chi connectivity index (χ0v) is 12.5. The molecule has 3 N–H and O–H groups in total. The van der Waals surface area contributed by atoms with Crippen molar-refractivity contribution in [2.45, 2.75) is 13.0 Å². The topological polar surface area (TPSA) is 74.2 Å². The minimum atomic E-state index is -0.495. The van der Waals surface area contributed by atoms with Crippen LogP contribution in [-0.2, 0) is 4.79 Å². The lowest BCUT2D eigenvalue weighted by atomic mass is 10.1. The minimum Gasteiger partial charge on any atom is -0.504 e. The lowest BCUT2D eigenvalue weighted by Gasteiger charge is -2.14. The first-order chi connectivity index (χ1) is 10.0. The summed E-state index contributed by atoms with van der Waals surface area (Å²) in [5, 5.41) is 16.0. The number of amides is 1. The molecular weight excluding hydrogens is 290 g/mol. The fraction of sp³-hybridized carbons (Fsp3) is 0.200. The number of aromatic nitrogens is 1. The zero-order valence-electron chi connectivity index (χ0n) is 11.7. The van der Waals surface area contributed by atoms with Crippen molar-refractivity contribution in [1.82, 2.24) is 10.3 Å². The van der Waals surface area contributed by atoms with Crippen LogP contribution in [-0.4, -0.2) is 29.1 Å². The van der Waals surface area contributed by atoms with Gasteiger partial charge >= 0.3 is 0 Å². The highest BCUT2D eigenvalue weighted by atomic mass is 35.5. The van der Waals surface area contributed by atoms with Crippen LogP contribution in [0.2, 0.25) is 5.02 Å². The molecule has 1 aromatic heterocycles. The number of hydrogen-bond acceptors (Lipinski definition) is 4. The van der Waals surface area contributed by atoms with Gasteiger partial charge in [0, 0.05) is 23.8 Å². The third-order valence-corrected chi connectivity index (χ3v) is 3.25. The Morgan fingerprint density at radius 2 is 2.10 bits per heavy atom. The number of likely N-dealkylation sites (N-methyl/N-ethyl adjacent to an activating group) is 1. The number of benzene rings is 1. The van der Waals surface area contributed by atoms with Gasteiger partial charge in [-0.2, -0.15) is 0 Å². The van der Waals surface area contributed by atoms with E-state index < -0.39 is 6.04 Å². The summed E-state index contributed by atoms with van der Waals surface area (Å²) in [5.41, 5.74) is 1.60. The highest BCUT2D eigenvalue weighted by molar-refractivity contribution is 6.30. The summed E-state index contributed by atoms with van der Waals surface area (Å²) >= 11 is 5.95. The van der Waals surface area contributed by atoms with Crippen LogP contribution in [0, 0.1) is 0 Å². The third kappa shape index (κ3) is 3.64. The van der Waals surface area contributed by atoms with Gasteiger partial charge in [-0.15, -0.1) is 0 Å². The van der Waals surface area contributed by atoms with Crippen LogP contribution in [0.5, 0.6) is 5.75 Å². The summed E-state index contributed by atoms with van der Waals surface area (Å²) in [6.07, 6.45) is 1.62. The molecule has 0 aliphatic carbocycles. The molecule has 0 aliphatic heterocycles. The lowest BCUT2D eigenvalue weighted by Crippen LogP contribution is -2.35. The van der Waals surface area contributed by atoms with Crippen molar-refractivity contribution in [2.75, 3.05) is 12.4 Å². The fourth-order valence-corrected chi connectivity index (χ4v) is 2.07. The maximum absolute atomic E-state index is 11.5. The van der Waals surface area contributed by atoms with Crippen molar-refractivity contribution >= 4 is 23.3 Å². The molecule has 1 heterocycles. The summed E-state index contributed by atoms with van der Waals surface area (Å²) in [7, 11) is 1.55. The molecule has 110 valence electrons. The molecule has 1 atom stereocenters. The van der Waals surface area contributed by atoms with Crippen molar-refractivity contribution in [3.63, 3.8) is 0 Å². The zero-order chi connectivity index (χ0) is 15.4. The summed E-state index contributed by atoms with van der Waals surface area (Å²) in [6.45, 7) is 1.69. The van der Waals surface area contributed by atoms with E-state index in [2.05, 4.69) is 15.6 Å². The number of carbonyl (C=O) groups excluding carboxylic acids is 1. The predicted octanol–water partition coefficient (Wildman–Crippen LogP) is 2.65. The third-order valence-electron chi connectivity index (χ3n) is 3.02. The molecule has 0 spiro atoms. The van der Waals surface area contributed by atoms with Crippen LogP contribution >= 0.6 is 11.6 Å². The van der Waals surface area contributed by atoms with E-state index in [4.69, 9.17) is 11.6 Å². The summed E-state index contributed by atoms with van der Waals surface area (Å²) in [6, 6.07) is 8.36. The molecule has 1 unspecified atom stereocenters. The highest BCUT2D eigenvalue weighted by Gasteiger charge is 2.14. The van der Waals surface area contributed by atoms with Crippen molar-refractivity contribution in [1.29, 1.82) is 0 Å². The largest absolute Gasteiger partial charge is 0.504 e. The normalized spacial score (nSPS) is 11.8. The Labute approximate surface area is 128 Å². The number of nitrogens with one attached hydrogen (secondary N) is 2. The van der Waals surface area contributed by atoms with E-state index in [1.807, 2.05) is 12.1 Å². The molecule has 1 amide bonds. The number of rotatable bonds is 4. The Kier molecular flexibility index (Phi) is 4.65. The van der Waals surface area contributed by atoms with Gasteiger partial charge in [0.25, 0.3) is 0 Å². The Morgan fingerprint density at radius 3 is 2.71 bits per heavy atom. The Hall–Kier alpha value is -2.27. The molecule has 5 nitrogen and oxygen atoms in total. The molecule has 6 heteroatoms. The number of carbonyl (C=O) groups is 1. The minimum absolute atomic E-state index is 0.0248. The standard InChI is InChI=1S/C15H16ClN3O2/c1-9(15(21)17-2)19-14-13(20)7-11(8-18-14)10-4-3-5-12(16)6-10/h3-9,20H,1-2H3,(H,17,21)(H,18,19). The number of pyridine rings is 1. The second-order valence-electron chi connectivity index (χ2n) is 4.58. The Morgan fingerprint density at radius 1 is 1.33 bits per heavy atom. The molecule has 2 rings (SSSR count). The van der Waals surface area contributed by atoms with E-state index >= 15 is 0 Å². The highest BCUT2D eigenvalue weighted by Crippen LogP contribution is 2.29. The average molecular weight is 306 g/mol. The first kappa shape index (κ1) is 15.1. The monoisotopic (exact) mass is 305 g/mol. The smallest absolute Gasteiger partial charge is 0.241 e. The SMILES string of the molecule is CNC(=O)C(C)Nc1ncc(-c2cccc(Cl)c2)cc1O. The van der Waals surface area contributed by atoms with Crippen LogP contribution in [0.1, 0.15) is 6.92 Å². The van der Waals surface area contributed by atoms with Crippen molar-refractivity contribution < 1.29 is 9.90 Å². The Balaban J connectivity index is 2.23. The Bertz CT molecular complexity index is 661. The summed E-state index contributed by atoms with van der Waals surface area (Å²) < 4.78 is 0. The second kappa shape index (κ2) is 6.45. The number of halogens is 1. The molecule has 0 saturated carbocycles. The van der Waals surface area contributed by atoms with Crippen molar-refractivity contribution in [3.05, 3.63) is 41.6 Å². The van der Waals surface area contributed by atoms with Gasteiger partial charge in [0.1, 0.15) is 6.04 Å². The molecule has 0 aliphatic rings. The molecule has 1 aromatic carbocycles. The van der Waals surface area contributed by atoms with Crippen LogP contribution in [0.15, 0.2) is 36.5 Å². The molecule has 0 radical (unpaired) electrons. The van der Waals surface area contributed by atoms with E-state index in [1.165, 1.54) is 0 Å². The van der Waals surface area contributed by atoms with Gasteiger partial charge in [0.15, 0.2) is 11.6 Å². The molecular formula is C15H16ClN3O2. The first-order valence-corrected chi connectivity index (χ1v) is 6.82. The molecule has 2 aromatic rings. The molecule has 0 saturated heterocycles. The van der Waals surface area contributed by atoms with E-state index in [0.717, 1.165) is 11.1 Å². The number of nitrogens with zero attached hydrogens (tertiary/aromatic N) is 1. The van der Waals surface area contributed by atoms with Crippen LogP contribution in [0.4, 0.5) is 5.82 Å². The molecule has 0 fully saturated rings. The van der Waals surface area contributed by atoms with Crippen molar-refractivity contribution in [2.24, 2.45) is 0 Å². The van der Waals surface area contributed by atoms with Gasteiger partial charge < -0.3 is 15.7 Å². The van der Waals surface area contributed by atoms with E-state index in [9.17, 15) is 9.90 Å². The van der Waals surface area contributed by atoms with E-state index in [-0.39, 0.29) is 17.5 Å². The second-order valence-corrected chi connectivity index (χ2v) is 5.02. The van der Waals surface area contributed by atoms with Gasteiger partial charge in [-0.25, -0.2) is 4.98 Å². The lowest BCUT2D eigenvalue weighted by molar-refractivity contribution is -0.121. The maximum atomic E-state index is 11.5. The van der Waals surface area contributed by atoms with E-state index in [1.54, 1.807) is 38.4 Å². The van der Waals surface area contributed by atoms with Gasteiger partial charge in [-0.3, -0.25) is 4.79 Å². The van der Waals surface area contributed by atoms with Gasteiger partial charge in [-0.05, 0) is 30.7 Å². The molecule has 21 heavy (non-hydrogen) atoms. The van der Waals surface area contributed by atoms with Crippen LogP contribution in [0.3, 0.4) is 0 Å². The van der Waals surface area contributed by atoms with Crippen LogP contribution in [0.25, 0.3) is 11.1 Å². The van der Waals surface area contributed by atoms with Gasteiger partial charge in [0.05, 0.1) is 0 Å². The quantitative estimate of drug-likeness (QED) is 0.812. The average Bonchev–Trinajstić information content (AvgIpc) is 2.48.